The van der Waals surface area contributed by atoms with Gasteiger partial charge in [0.1, 0.15) is 11.9 Å². The van der Waals surface area contributed by atoms with Crippen LogP contribution in [0.1, 0.15) is 37.6 Å². The molecule has 1 aromatic carbocycles. The number of carbonyl (C=O) groups is 2. The lowest BCUT2D eigenvalue weighted by atomic mass is 10.2. The van der Waals surface area contributed by atoms with Crippen molar-refractivity contribution in [3.05, 3.63) is 29.8 Å². The van der Waals surface area contributed by atoms with Gasteiger partial charge in [0, 0.05) is 38.4 Å². The second kappa shape index (κ2) is 7.82. The van der Waals surface area contributed by atoms with Gasteiger partial charge in [-0.05, 0) is 51.5 Å². The molecule has 0 aliphatic carbocycles. The smallest absolute Gasteiger partial charge is 0.410 e. The second-order valence-corrected chi connectivity index (χ2v) is 6.39. The van der Waals surface area contributed by atoms with E-state index >= 15 is 0 Å². The molecule has 0 aliphatic heterocycles. The van der Waals surface area contributed by atoms with Crippen LogP contribution in [0, 0.1) is 0 Å². The standard InChI is InChI=1S/C17H26N2O3/c1-17(2,3)22-16(21)19(5)12-6-11-18(4)15-9-7-14(13-20)8-10-15/h7-10,13H,6,11-12H2,1-5H3. The van der Waals surface area contributed by atoms with Gasteiger partial charge in [-0.15, -0.1) is 0 Å². The Hall–Kier alpha value is -2.04. The minimum atomic E-state index is -0.470. The summed E-state index contributed by atoms with van der Waals surface area (Å²) in [6.07, 6.45) is 1.37. The van der Waals surface area contributed by atoms with Crippen LogP contribution in [-0.4, -0.2) is 50.1 Å². The number of anilines is 1. The third kappa shape index (κ3) is 6.16. The Morgan fingerprint density at radius 2 is 1.73 bits per heavy atom. The zero-order valence-corrected chi connectivity index (χ0v) is 14.1. The van der Waals surface area contributed by atoms with E-state index in [1.165, 1.54) is 0 Å². The Morgan fingerprint density at radius 1 is 1.14 bits per heavy atom. The third-order valence-corrected chi connectivity index (χ3v) is 3.16. The van der Waals surface area contributed by atoms with Gasteiger partial charge in [-0.1, -0.05) is 0 Å². The van der Waals surface area contributed by atoms with Crippen LogP contribution in [0.4, 0.5) is 10.5 Å². The summed E-state index contributed by atoms with van der Waals surface area (Å²) < 4.78 is 5.31. The predicted octanol–water partition coefficient (Wildman–Crippen LogP) is 3.19. The van der Waals surface area contributed by atoms with Gasteiger partial charge in [-0.2, -0.15) is 0 Å². The van der Waals surface area contributed by atoms with Crippen molar-refractivity contribution in [3.63, 3.8) is 0 Å². The number of benzene rings is 1. The van der Waals surface area contributed by atoms with Gasteiger partial charge in [0.15, 0.2) is 0 Å². The van der Waals surface area contributed by atoms with Crippen LogP contribution in [-0.2, 0) is 4.74 Å². The van der Waals surface area contributed by atoms with Crippen molar-refractivity contribution in [2.45, 2.75) is 32.8 Å². The molecular weight excluding hydrogens is 280 g/mol. The van der Waals surface area contributed by atoms with Crippen LogP contribution in [0.15, 0.2) is 24.3 Å². The van der Waals surface area contributed by atoms with Gasteiger partial charge >= 0.3 is 6.09 Å². The SMILES string of the molecule is CN(CCCN(C)c1ccc(C=O)cc1)C(=O)OC(C)(C)C. The highest BCUT2D eigenvalue weighted by Crippen LogP contribution is 2.14. The Balaban J connectivity index is 2.39. The van der Waals surface area contributed by atoms with Crippen molar-refractivity contribution in [1.29, 1.82) is 0 Å². The maximum atomic E-state index is 11.8. The molecule has 1 rings (SSSR count). The monoisotopic (exact) mass is 306 g/mol. The molecule has 0 heterocycles. The first-order valence-corrected chi connectivity index (χ1v) is 7.43. The molecule has 0 bridgehead atoms. The summed E-state index contributed by atoms with van der Waals surface area (Å²) in [5, 5.41) is 0. The topological polar surface area (TPSA) is 49.9 Å². The van der Waals surface area contributed by atoms with Crippen molar-refractivity contribution in [3.8, 4) is 0 Å². The molecular formula is C17H26N2O3. The molecule has 122 valence electrons. The highest BCUT2D eigenvalue weighted by atomic mass is 16.6. The first kappa shape index (κ1) is 18.0. The molecule has 0 unspecified atom stereocenters. The summed E-state index contributed by atoms with van der Waals surface area (Å²) in [6, 6.07) is 7.43. The predicted molar refractivity (Wildman–Crippen MR) is 88.6 cm³/mol. The fourth-order valence-corrected chi connectivity index (χ4v) is 1.91. The maximum absolute atomic E-state index is 11.8. The van der Waals surface area contributed by atoms with Crippen LogP contribution >= 0.6 is 0 Å². The number of rotatable bonds is 6. The highest BCUT2D eigenvalue weighted by molar-refractivity contribution is 5.75. The Kier molecular flexibility index (Phi) is 6.40. The van der Waals surface area contributed by atoms with Crippen LogP contribution < -0.4 is 4.90 Å². The largest absolute Gasteiger partial charge is 0.444 e. The summed E-state index contributed by atoms with van der Waals surface area (Å²) in [5.41, 5.74) is 1.25. The molecule has 0 saturated carbocycles. The minimum absolute atomic E-state index is 0.300. The third-order valence-electron chi connectivity index (χ3n) is 3.16. The van der Waals surface area contributed by atoms with Crippen molar-refractivity contribution in [2.75, 3.05) is 32.1 Å². The molecule has 5 heteroatoms. The summed E-state index contributed by atoms with van der Waals surface area (Å²) in [7, 11) is 3.73. The maximum Gasteiger partial charge on any atom is 0.410 e. The fourth-order valence-electron chi connectivity index (χ4n) is 1.91. The molecule has 0 aliphatic rings. The van der Waals surface area contributed by atoms with E-state index < -0.39 is 5.60 Å². The molecule has 22 heavy (non-hydrogen) atoms. The van der Waals surface area contributed by atoms with E-state index in [0.29, 0.717) is 12.1 Å². The first-order chi connectivity index (χ1) is 10.2. The van der Waals surface area contributed by atoms with Crippen molar-refractivity contribution >= 4 is 18.1 Å². The van der Waals surface area contributed by atoms with Gasteiger partial charge in [0.25, 0.3) is 0 Å². The van der Waals surface area contributed by atoms with Crippen LogP contribution in [0.3, 0.4) is 0 Å². The molecule has 1 amide bonds. The molecule has 1 aromatic rings. The molecule has 0 saturated heterocycles. The van der Waals surface area contributed by atoms with E-state index in [9.17, 15) is 9.59 Å². The molecule has 0 spiro atoms. The van der Waals surface area contributed by atoms with Gasteiger partial charge in [0.2, 0.25) is 0 Å². The van der Waals surface area contributed by atoms with E-state index in [2.05, 4.69) is 4.90 Å². The second-order valence-electron chi connectivity index (χ2n) is 6.39. The van der Waals surface area contributed by atoms with E-state index in [1.807, 2.05) is 40.0 Å². The Morgan fingerprint density at radius 3 is 2.23 bits per heavy atom. The lowest BCUT2D eigenvalue weighted by Crippen LogP contribution is -2.35. The van der Waals surface area contributed by atoms with E-state index in [-0.39, 0.29) is 6.09 Å². The molecule has 5 nitrogen and oxygen atoms in total. The molecule has 0 atom stereocenters. The van der Waals surface area contributed by atoms with Crippen molar-refractivity contribution < 1.29 is 14.3 Å². The lowest BCUT2D eigenvalue weighted by molar-refractivity contribution is 0.0298. The summed E-state index contributed by atoms with van der Waals surface area (Å²) in [5.74, 6) is 0. The van der Waals surface area contributed by atoms with Crippen molar-refractivity contribution in [2.24, 2.45) is 0 Å². The number of amides is 1. The number of hydrogen-bond acceptors (Lipinski definition) is 4. The number of hydrogen-bond donors (Lipinski definition) is 0. The molecule has 0 radical (unpaired) electrons. The van der Waals surface area contributed by atoms with Crippen LogP contribution in [0.2, 0.25) is 0 Å². The highest BCUT2D eigenvalue weighted by Gasteiger charge is 2.19. The molecule has 0 N–H and O–H groups in total. The van der Waals surface area contributed by atoms with Gasteiger partial charge < -0.3 is 14.5 Å². The van der Waals surface area contributed by atoms with Gasteiger partial charge in [-0.3, -0.25) is 4.79 Å². The van der Waals surface area contributed by atoms with E-state index in [0.717, 1.165) is 24.9 Å². The molecule has 0 fully saturated rings. The number of aldehydes is 1. The van der Waals surface area contributed by atoms with Gasteiger partial charge in [-0.25, -0.2) is 4.79 Å². The van der Waals surface area contributed by atoms with Crippen LogP contribution in [0.25, 0.3) is 0 Å². The zero-order chi connectivity index (χ0) is 16.8. The summed E-state index contributed by atoms with van der Waals surface area (Å²) >= 11 is 0. The fraction of sp³-hybridized carbons (Fsp3) is 0.529. The normalized spacial score (nSPS) is 11.0. The average Bonchev–Trinajstić information content (AvgIpc) is 2.45. The van der Waals surface area contributed by atoms with Gasteiger partial charge in [0.05, 0.1) is 0 Å². The van der Waals surface area contributed by atoms with Crippen LogP contribution in [0.5, 0.6) is 0 Å². The quantitative estimate of drug-likeness (QED) is 0.757. The number of nitrogens with zero attached hydrogens (tertiary/aromatic N) is 2. The van der Waals surface area contributed by atoms with Crippen molar-refractivity contribution in [1.82, 2.24) is 4.90 Å². The molecule has 0 aromatic heterocycles. The Bertz CT molecular complexity index is 492. The average molecular weight is 306 g/mol. The van der Waals surface area contributed by atoms with E-state index in [1.54, 1.807) is 24.1 Å². The first-order valence-electron chi connectivity index (χ1n) is 7.43. The van der Waals surface area contributed by atoms with E-state index in [4.69, 9.17) is 4.74 Å². The zero-order valence-electron chi connectivity index (χ0n) is 14.1. The number of carbonyl (C=O) groups excluding carboxylic acids is 2. The minimum Gasteiger partial charge on any atom is -0.444 e. The lowest BCUT2D eigenvalue weighted by Gasteiger charge is -2.25. The summed E-state index contributed by atoms with van der Waals surface area (Å²) in [6.45, 7) is 7.01. The Labute approximate surface area is 132 Å². The summed E-state index contributed by atoms with van der Waals surface area (Å²) in [4.78, 5) is 26.2. The number of ether oxygens (including phenoxy) is 1.